The molecule has 0 aliphatic heterocycles. The molecule has 0 saturated heterocycles. The number of hydrogen-bond acceptors (Lipinski definition) is 4. The molecule has 0 radical (unpaired) electrons. The van der Waals surface area contributed by atoms with Crippen molar-refractivity contribution in [2.24, 2.45) is 5.84 Å². The zero-order chi connectivity index (χ0) is 14.1. The molecule has 2 heterocycles. The topological polar surface area (TPSA) is 86.1 Å². The summed E-state index contributed by atoms with van der Waals surface area (Å²) in [6.45, 7) is 0.422. The van der Waals surface area contributed by atoms with Crippen molar-refractivity contribution >= 4 is 32.8 Å². The van der Waals surface area contributed by atoms with Crippen LogP contribution in [0, 0.1) is 0 Å². The van der Waals surface area contributed by atoms with Gasteiger partial charge in [-0.2, -0.15) is 5.10 Å². The van der Waals surface area contributed by atoms with Crippen molar-refractivity contribution in [3.05, 3.63) is 52.5 Å². The molecule has 6 nitrogen and oxygen atoms in total. The third-order valence-electron chi connectivity index (χ3n) is 2.96. The Kier molecular flexibility index (Phi) is 3.29. The maximum Gasteiger partial charge on any atom is 0.301 e. The van der Waals surface area contributed by atoms with Crippen LogP contribution in [0.4, 0.5) is 0 Å². The van der Waals surface area contributed by atoms with Gasteiger partial charge >= 0.3 is 5.91 Å². The summed E-state index contributed by atoms with van der Waals surface area (Å²) < 4.78 is 8.17. The Morgan fingerprint density at radius 1 is 1.45 bits per heavy atom. The van der Waals surface area contributed by atoms with Gasteiger partial charge in [0.1, 0.15) is 5.58 Å². The summed E-state index contributed by atoms with van der Waals surface area (Å²) >= 11 is 3.34. The molecule has 1 aromatic carbocycles. The number of halogens is 1. The fourth-order valence-electron chi connectivity index (χ4n) is 2.09. The predicted molar refractivity (Wildman–Crippen MR) is 76.9 cm³/mol. The molecule has 3 aromatic rings. The number of furan rings is 1. The molecular weight excluding hydrogens is 324 g/mol. The van der Waals surface area contributed by atoms with Crippen LogP contribution in [-0.2, 0) is 6.54 Å². The molecule has 102 valence electrons. The number of carbonyl (C=O) groups excluding carboxylic acids is 1. The summed E-state index contributed by atoms with van der Waals surface area (Å²) in [6.07, 6.45) is 3.51. The maximum atomic E-state index is 11.8. The molecule has 0 atom stereocenters. The number of para-hydroxylation sites is 1. The number of nitrogens with one attached hydrogen (secondary N) is 1. The highest BCUT2D eigenvalue weighted by Crippen LogP contribution is 2.26. The minimum absolute atomic E-state index is 0.209. The summed E-state index contributed by atoms with van der Waals surface area (Å²) in [6, 6.07) is 7.46. The Labute approximate surface area is 122 Å². The van der Waals surface area contributed by atoms with Crippen molar-refractivity contribution in [3.63, 3.8) is 0 Å². The first-order chi connectivity index (χ1) is 9.69. The standard InChI is InChI=1S/C13H11BrN4O2/c14-8-5-16-18(6-8)7-10-9-3-1-2-4-11(9)20-12(10)13(19)17-15/h1-6H,7,15H2,(H,17,19). The van der Waals surface area contributed by atoms with Crippen molar-refractivity contribution in [1.82, 2.24) is 15.2 Å². The minimum Gasteiger partial charge on any atom is -0.450 e. The number of nitrogen functional groups attached to an aromatic ring is 1. The van der Waals surface area contributed by atoms with Crippen molar-refractivity contribution in [1.29, 1.82) is 0 Å². The summed E-state index contributed by atoms with van der Waals surface area (Å²) in [4.78, 5) is 11.8. The van der Waals surface area contributed by atoms with Gasteiger partial charge in [0, 0.05) is 17.1 Å². The van der Waals surface area contributed by atoms with Crippen LogP contribution < -0.4 is 11.3 Å². The monoisotopic (exact) mass is 334 g/mol. The van der Waals surface area contributed by atoms with E-state index in [-0.39, 0.29) is 5.76 Å². The summed E-state index contributed by atoms with van der Waals surface area (Å²) in [5, 5.41) is 5.06. The SMILES string of the molecule is NNC(=O)c1oc2ccccc2c1Cn1cc(Br)cn1. The largest absolute Gasteiger partial charge is 0.450 e. The maximum absolute atomic E-state index is 11.8. The molecular formula is C13H11BrN4O2. The smallest absolute Gasteiger partial charge is 0.301 e. The van der Waals surface area contributed by atoms with Crippen LogP contribution >= 0.6 is 15.9 Å². The molecule has 3 N–H and O–H groups in total. The van der Waals surface area contributed by atoms with E-state index in [1.165, 1.54) is 0 Å². The fourth-order valence-corrected chi connectivity index (χ4v) is 2.42. The van der Waals surface area contributed by atoms with Gasteiger partial charge in [-0.25, -0.2) is 5.84 Å². The van der Waals surface area contributed by atoms with Crippen LogP contribution in [0.15, 0.2) is 45.5 Å². The van der Waals surface area contributed by atoms with Gasteiger partial charge in [0.05, 0.1) is 17.2 Å². The Morgan fingerprint density at radius 2 is 2.25 bits per heavy atom. The molecule has 7 heteroatoms. The Morgan fingerprint density at radius 3 is 2.95 bits per heavy atom. The molecule has 0 saturated carbocycles. The third-order valence-corrected chi connectivity index (χ3v) is 3.37. The average molecular weight is 335 g/mol. The quantitative estimate of drug-likeness (QED) is 0.436. The van der Waals surface area contributed by atoms with Gasteiger partial charge in [0.2, 0.25) is 0 Å². The fraction of sp³-hybridized carbons (Fsp3) is 0.0769. The first-order valence-electron chi connectivity index (χ1n) is 5.88. The van der Waals surface area contributed by atoms with Crippen LogP contribution in [0.5, 0.6) is 0 Å². The van der Waals surface area contributed by atoms with Crippen LogP contribution in [-0.4, -0.2) is 15.7 Å². The van der Waals surface area contributed by atoms with Gasteiger partial charge in [0.25, 0.3) is 0 Å². The second-order valence-corrected chi connectivity index (χ2v) is 5.15. The minimum atomic E-state index is -0.456. The van der Waals surface area contributed by atoms with E-state index in [0.717, 1.165) is 15.4 Å². The Bertz CT molecular complexity index is 778. The van der Waals surface area contributed by atoms with E-state index < -0.39 is 5.91 Å². The van der Waals surface area contributed by atoms with E-state index in [1.54, 1.807) is 10.9 Å². The van der Waals surface area contributed by atoms with E-state index in [0.29, 0.717) is 12.1 Å². The van der Waals surface area contributed by atoms with Crippen LogP contribution in [0.2, 0.25) is 0 Å². The number of carbonyl (C=O) groups is 1. The van der Waals surface area contributed by atoms with Crippen LogP contribution in [0.1, 0.15) is 16.1 Å². The van der Waals surface area contributed by atoms with Gasteiger partial charge in [-0.05, 0) is 22.0 Å². The van der Waals surface area contributed by atoms with Crippen molar-refractivity contribution in [2.45, 2.75) is 6.54 Å². The molecule has 1 amide bonds. The molecule has 2 aromatic heterocycles. The summed E-state index contributed by atoms with van der Waals surface area (Å²) in [5.41, 5.74) is 3.50. The molecule has 3 rings (SSSR count). The lowest BCUT2D eigenvalue weighted by molar-refractivity contribution is 0.0926. The molecule has 0 fully saturated rings. The number of nitrogens with two attached hydrogens (primary N) is 1. The van der Waals surface area contributed by atoms with E-state index in [9.17, 15) is 4.79 Å². The Hall–Kier alpha value is -2.12. The lowest BCUT2D eigenvalue weighted by Gasteiger charge is -2.02. The summed E-state index contributed by atoms with van der Waals surface area (Å²) in [5.74, 6) is 4.96. The van der Waals surface area contributed by atoms with Crippen molar-refractivity contribution in [2.75, 3.05) is 0 Å². The van der Waals surface area contributed by atoms with E-state index in [2.05, 4.69) is 26.5 Å². The van der Waals surface area contributed by atoms with Crippen LogP contribution in [0.25, 0.3) is 11.0 Å². The molecule has 20 heavy (non-hydrogen) atoms. The lowest BCUT2D eigenvalue weighted by Crippen LogP contribution is -2.30. The number of fused-ring (bicyclic) bond motifs is 1. The zero-order valence-electron chi connectivity index (χ0n) is 10.3. The van der Waals surface area contributed by atoms with Gasteiger partial charge < -0.3 is 4.42 Å². The lowest BCUT2D eigenvalue weighted by atomic mass is 10.1. The van der Waals surface area contributed by atoms with E-state index >= 15 is 0 Å². The highest BCUT2D eigenvalue weighted by molar-refractivity contribution is 9.10. The van der Waals surface area contributed by atoms with Crippen LogP contribution in [0.3, 0.4) is 0 Å². The number of amides is 1. The number of aromatic nitrogens is 2. The molecule has 0 bridgehead atoms. The zero-order valence-corrected chi connectivity index (χ0v) is 11.9. The second-order valence-electron chi connectivity index (χ2n) is 4.24. The highest BCUT2D eigenvalue weighted by Gasteiger charge is 2.20. The van der Waals surface area contributed by atoms with Crippen molar-refractivity contribution in [3.8, 4) is 0 Å². The molecule has 0 aliphatic rings. The number of hydrogen-bond donors (Lipinski definition) is 2. The number of hydrazine groups is 1. The van der Waals surface area contributed by atoms with Crippen molar-refractivity contribution < 1.29 is 9.21 Å². The first kappa shape index (κ1) is 12.9. The normalized spacial score (nSPS) is 10.9. The average Bonchev–Trinajstić information content (AvgIpc) is 3.03. The van der Waals surface area contributed by atoms with Gasteiger partial charge in [-0.3, -0.25) is 14.9 Å². The number of rotatable bonds is 3. The Balaban J connectivity index is 2.13. The second kappa shape index (κ2) is 5.10. The predicted octanol–water partition coefficient (Wildman–Crippen LogP) is 2.04. The first-order valence-corrected chi connectivity index (χ1v) is 6.67. The molecule has 0 aliphatic carbocycles. The number of benzene rings is 1. The van der Waals surface area contributed by atoms with Gasteiger partial charge in [-0.15, -0.1) is 0 Å². The number of nitrogens with zero attached hydrogens (tertiary/aromatic N) is 2. The molecule has 0 unspecified atom stereocenters. The van der Waals surface area contributed by atoms with Gasteiger partial charge in [0.15, 0.2) is 5.76 Å². The highest BCUT2D eigenvalue weighted by atomic mass is 79.9. The van der Waals surface area contributed by atoms with E-state index in [4.69, 9.17) is 10.3 Å². The summed E-state index contributed by atoms with van der Waals surface area (Å²) in [7, 11) is 0. The van der Waals surface area contributed by atoms with Gasteiger partial charge in [-0.1, -0.05) is 18.2 Å². The van der Waals surface area contributed by atoms with E-state index in [1.807, 2.05) is 30.5 Å². The third kappa shape index (κ3) is 2.21. The molecule has 0 spiro atoms.